The van der Waals surface area contributed by atoms with Crippen LogP contribution in [-0.4, -0.2) is 35.6 Å². The van der Waals surface area contributed by atoms with Crippen LogP contribution < -0.4 is 4.74 Å². The van der Waals surface area contributed by atoms with Crippen LogP contribution >= 0.6 is 23.2 Å². The number of aliphatic hydroxyl groups excluding tert-OH is 1. The Hall–Kier alpha value is -1.75. The summed E-state index contributed by atoms with van der Waals surface area (Å²) >= 11 is 11.9. The molecular weight excluding hydrogens is 373 g/mol. The van der Waals surface area contributed by atoms with Gasteiger partial charge in [0.15, 0.2) is 0 Å². The fourth-order valence-electron chi connectivity index (χ4n) is 2.54. The molecule has 0 aliphatic rings. The molecule has 2 unspecified atom stereocenters. The van der Waals surface area contributed by atoms with Crippen LogP contribution in [0, 0.1) is 0 Å². The van der Waals surface area contributed by atoms with Gasteiger partial charge in [0.1, 0.15) is 5.75 Å². The lowest BCUT2D eigenvalue weighted by molar-refractivity contribution is -0.134. The highest BCUT2D eigenvalue weighted by Crippen LogP contribution is 2.27. The second kappa shape index (κ2) is 9.81. The number of rotatable bonds is 8. The molecule has 4 nitrogen and oxygen atoms in total. The molecule has 0 aliphatic heterocycles. The lowest BCUT2D eigenvalue weighted by Crippen LogP contribution is -2.39. The Labute approximate surface area is 164 Å². The van der Waals surface area contributed by atoms with Crippen molar-refractivity contribution < 1.29 is 14.6 Å². The summed E-state index contributed by atoms with van der Waals surface area (Å²) in [6.45, 7) is 2.20. The van der Waals surface area contributed by atoms with Gasteiger partial charge in [-0.25, -0.2) is 0 Å². The second-order valence-corrected chi connectivity index (χ2v) is 6.97. The van der Waals surface area contributed by atoms with E-state index in [-0.39, 0.29) is 11.9 Å². The van der Waals surface area contributed by atoms with E-state index >= 15 is 0 Å². The zero-order chi connectivity index (χ0) is 19.1. The third kappa shape index (κ3) is 5.63. The van der Waals surface area contributed by atoms with Crippen LogP contribution in [0.15, 0.2) is 48.5 Å². The van der Waals surface area contributed by atoms with Crippen molar-refractivity contribution in [3.63, 3.8) is 0 Å². The number of nitrogens with zero attached hydrogens (tertiary/aromatic N) is 1. The molecule has 140 valence electrons. The van der Waals surface area contributed by atoms with Crippen molar-refractivity contribution in [3.05, 3.63) is 64.1 Å². The summed E-state index contributed by atoms with van der Waals surface area (Å²) in [5.74, 6) is 0.503. The molecule has 0 fully saturated rings. The Bertz CT molecular complexity index is 724. The van der Waals surface area contributed by atoms with Crippen LogP contribution in [0.1, 0.15) is 31.4 Å². The van der Waals surface area contributed by atoms with E-state index in [0.717, 1.165) is 5.56 Å². The van der Waals surface area contributed by atoms with Gasteiger partial charge < -0.3 is 14.7 Å². The molecule has 2 aromatic carbocycles. The average Bonchev–Trinajstić information content (AvgIpc) is 2.65. The summed E-state index contributed by atoms with van der Waals surface area (Å²) in [6.07, 6.45) is 0.151. The predicted molar refractivity (Wildman–Crippen MR) is 105 cm³/mol. The van der Waals surface area contributed by atoms with Crippen molar-refractivity contribution in [1.29, 1.82) is 0 Å². The molecular formula is C20H23Cl2NO3. The van der Waals surface area contributed by atoms with E-state index in [9.17, 15) is 9.90 Å². The van der Waals surface area contributed by atoms with Crippen molar-refractivity contribution in [2.24, 2.45) is 0 Å². The summed E-state index contributed by atoms with van der Waals surface area (Å²) in [5, 5.41) is 11.4. The zero-order valence-corrected chi connectivity index (χ0v) is 16.4. The highest BCUT2D eigenvalue weighted by atomic mass is 35.5. The van der Waals surface area contributed by atoms with Crippen LogP contribution in [0.4, 0.5) is 0 Å². The third-order valence-electron chi connectivity index (χ3n) is 4.29. The minimum atomic E-state index is -0.728. The van der Waals surface area contributed by atoms with Crippen LogP contribution in [0.5, 0.6) is 5.75 Å². The smallest absolute Gasteiger partial charge is 0.222 e. The predicted octanol–water partition coefficient (Wildman–Crippen LogP) is 4.73. The van der Waals surface area contributed by atoms with E-state index in [1.807, 2.05) is 37.3 Å². The molecule has 1 N–H and O–H groups in total. The molecule has 0 aliphatic carbocycles. The molecule has 0 heterocycles. The van der Waals surface area contributed by atoms with Gasteiger partial charge in [-0.15, -0.1) is 0 Å². The van der Waals surface area contributed by atoms with E-state index in [0.29, 0.717) is 35.2 Å². The number of aliphatic hydroxyl groups is 1. The first-order valence-corrected chi connectivity index (χ1v) is 9.22. The summed E-state index contributed by atoms with van der Waals surface area (Å²) in [4.78, 5) is 13.9. The van der Waals surface area contributed by atoms with Crippen LogP contribution in [0.25, 0.3) is 0 Å². The number of hydrogen-bond acceptors (Lipinski definition) is 3. The number of carbonyl (C=O) groups excluding carboxylic acids is 1. The van der Waals surface area contributed by atoms with Gasteiger partial charge in [0, 0.05) is 18.5 Å². The van der Waals surface area contributed by atoms with Crippen molar-refractivity contribution >= 4 is 29.1 Å². The molecule has 0 radical (unpaired) electrons. The summed E-state index contributed by atoms with van der Waals surface area (Å²) in [6, 6.07) is 14.0. The van der Waals surface area contributed by atoms with Crippen molar-refractivity contribution in [2.45, 2.75) is 31.9 Å². The molecule has 0 aromatic heterocycles. The Balaban J connectivity index is 1.79. The Morgan fingerprint density at radius 1 is 1.19 bits per heavy atom. The maximum absolute atomic E-state index is 12.4. The van der Waals surface area contributed by atoms with Gasteiger partial charge >= 0.3 is 0 Å². The fourth-order valence-corrected chi connectivity index (χ4v) is 3.00. The van der Waals surface area contributed by atoms with Crippen molar-refractivity contribution in [2.75, 3.05) is 13.7 Å². The Morgan fingerprint density at radius 3 is 2.54 bits per heavy atom. The molecule has 0 bridgehead atoms. The minimum absolute atomic E-state index is 0.0433. The zero-order valence-electron chi connectivity index (χ0n) is 14.9. The molecule has 2 atom stereocenters. The van der Waals surface area contributed by atoms with Gasteiger partial charge in [-0.3, -0.25) is 4.79 Å². The molecule has 26 heavy (non-hydrogen) atoms. The molecule has 0 spiro atoms. The van der Waals surface area contributed by atoms with E-state index < -0.39 is 6.10 Å². The molecule has 2 rings (SSSR count). The first-order chi connectivity index (χ1) is 12.4. The van der Waals surface area contributed by atoms with Crippen molar-refractivity contribution in [3.8, 4) is 5.75 Å². The van der Waals surface area contributed by atoms with Gasteiger partial charge in [-0.2, -0.15) is 0 Å². The van der Waals surface area contributed by atoms with Crippen LogP contribution in [0.2, 0.25) is 10.0 Å². The highest BCUT2D eigenvalue weighted by molar-refractivity contribution is 6.35. The highest BCUT2D eigenvalue weighted by Gasteiger charge is 2.23. The Morgan fingerprint density at radius 2 is 1.88 bits per heavy atom. The first-order valence-electron chi connectivity index (χ1n) is 8.46. The quantitative estimate of drug-likeness (QED) is 0.657. The van der Waals surface area contributed by atoms with Gasteiger partial charge in [0.2, 0.25) is 5.91 Å². The number of likely N-dealkylation sites (N-methyl/N-ethyl adjacent to an activating group) is 1. The standard InChI is InChI=1S/C20H23Cl2NO3/c1-14(20(25)15-7-4-3-5-8-15)23(2)19(24)9-6-12-26-18-11-10-16(21)13-17(18)22/h3-5,7-8,10-11,13-14,20,25H,6,9,12H2,1-2H3. The molecule has 1 amide bonds. The monoisotopic (exact) mass is 395 g/mol. The number of ether oxygens (including phenoxy) is 1. The summed E-state index contributed by atoms with van der Waals surface area (Å²) in [5.41, 5.74) is 0.792. The normalized spacial score (nSPS) is 13.1. The Kier molecular flexibility index (Phi) is 7.76. The van der Waals surface area contributed by atoms with E-state index in [1.54, 1.807) is 30.1 Å². The number of amides is 1. The average molecular weight is 396 g/mol. The van der Waals surface area contributed by atoms with E-state index in [1.165, 1.54) is 0 Å². The SMILES string of the molecule is CC(C(O)c1ccccc1)N(C)C(=O)CCCOc1ccc(Cl)cc1Cl. The summed E-state index contributed by atoms with van der Waals surface area (Å²) < 4.78 is 5.59. The number of carbonyl (C=O) groups is 1. The largest absolute Gasteiger partial charge is 0.492 e. The van der Waals surface area contributed by atoms with Crippen molar-refractivity contribution in [1.82, 2.24) is 4.90 Å². The molecule has 0 saturated carbocycles. The maximum atomic E-state index is 12.4. The fraction of sp³-hybridized carbons (Fsp3) is 0.350. The van der Waals surface area contributed by atoms with Gasteiger partial charge in [0.25, 0.3) is 0 Å². The number of hydrogen-bond donors (Lipinski definition) is 1. The van der Waals surface area contributed by atoms with E-state index in [4.69, 9.17) is 27.9 Å². The van der Waals surface area contributed by atoms with Crippen LogP contribution in [-0.2, 0) is 4.79 Å². The molecule has 0 saturated heterocycles. The molecule has 2 aromatic rings. The number of halogens is 2. The topological polar surface area (TPSA) is 49.8 Å². The summed E-state index contributed by atoms with van der Waals surface area (Å²) in [7, 11) is 1.70. The lowest BCUT2D eigenvalue weighted by Gasteiger charge is -2.29. The van der Waals surface area contributed by atoms with Gasteiger partial charge in [-0.1, -0.05) is 53.5 Å². The maximum Gasteiger partial charge on any atom is 0.222 e. The lowest BCUT2D eigenvalue weighted by atomic mass is 10.0. The van der Waals surface area contributed by atoms with Gasteiger partial charge in [0.05, 0.1) is 23.8 Å². The van der Waals surface area contributed by atoms with Gasteiger partial charge in [-0.05, 0) is 37.1 Å². The first kappa shape index (κ1) is 20.6. The van der Waals surface area contributed by atoms with E-state index in [2.05, 4.69) is 0 Å². The third-order valence-corrected chi connectivity index (χ3v) is 4.82. The number of benzene rings is 2. The molecule has 6 heteroatoms. The second-order valence-electron chi connectivity index (χ2n) is 6.13. The minimum Gasteiger partial charge on any atom is -0.492 e. The van der Waals surface area contributed by atoms with Crippen LogP contribution in [0.3, 0.4) is 0 Å².